The molecule has 1 aromatic heterocycles. The predicted molar refractivity (Wildman–Crippen MR) is 149 cm³/mol. The van der Waals surface area contributed by atoms with E-state index in [9.17, 15) is 18.0 Å². The number of rotatable bonds is 6. The van der Waals surface area contributed by atoms with Crippen molar-refractivity contribution in [2.24, 2.45) is 7.05 Å². The first-order valence-corrected chi connectivity index (χ1v) is 14.7. The van der Waals surface area contributed by atoms with E-state index in [2.05, 4.69) is 32.6 Å². The molecule has 12 heteroatoms. The molecule has 6 rings (SSSR count). The molecule has 3 heterocycles. The second-order valence-electron chi connectivity index (χ2n) is 9.44. The molecular weight excluding hydrogens is 609 g/mol. The van der Waals surface area contributed by atoms with E-state index in [1.165, 1.54) is 10.6 Å². The molecule has 2 unspecified atom stereocenters. The molecule has 2 atom stereocenters. The van der Waals surface area contributed by atoms with Gasteiger partial charge in [0.15, 0.2) is 12.5 Å². The van der Waals surface area contributed by atoms with Crippen LogP contribution >= 0.6 is 22.6 Å². The van der Waals surface area contributed by atoms with Gasteiger partial charge < -0.3 is 15.0 Å². The van der Waals surface area contributed by atoms with E-state index in [4.69, 9.17) is 4.74 Å². The number of nitrogens with one attached hydrogen (secondary N) is 2. The van der Waals surface area contributed by atoms with Crippen molar-refractivity contribution in [1.82, 2.24) is 9.47 Å². The van der Waals surface area contributed by atoms with Gasteiger partial charge in [-0.2, -0.15) is 0 Å². The van der Waals surface area contributed by atoms with E-state index < -0.39 is 22.5 Å². The first-order valence-electron chi connectivity index (χ1n) is 11.7. The molecule has 2 fully saturated rings. The molecule has 2 aliphatic heterocycles. The predicted octanol–water partition coefficient (Wildman–Crippen LogP) is 3.54. The minimum atomic E-state index is -3.50. The molecule has 3 aromatic rings. The SMILES string of the molecule is Cn1c2c(c(Nc3ccc(I)cc3)cc1=O)C(=O)N(C1CC1)C1OC1N2c1cccc(NS(C)(=O)=O)c1. The van der Waals surface area contributed by atoms with E-state index in [0.29, 0.717) is 28.4 Å². The lowest BCUT2D eigenvalue weighted by molar-refractivity contribution is 0.0653. The molecule has 1 amide bonds. The van der Waals surface area contributed by atoms with Crippen LogP contribution in [-0.4, -0.2) is 48.5 Å². The Kier molecular flexibility index (Phi) is 5.73. The van der Waals surface area contributed by atoms with Gasteiger partial charge in [0.05, 0.1) is 17.6 Å². The average Bonchev–Trinajstić information content (AvgIpc) is 3.74. The number of halogens is 1. The normalized spacial score (nSPS) is 20.7. The third-order valence-corrected chi connectivity index (χ3v) is 7.88. The highest BCUT2D eigenvalue weighted by molar-refractivity contribution is 14.1. The second kappa shape index (κ2) is 8.74. The van der Waals surface area contributed by atoms with Crippen LogP contribution in [0.1, 0.15) is 23.2 Å². The Bertz CT molecular complexity index is 1590. The van der Waals surface area contributed by atoms with Crippen LogP contribution in [0.25, 0.3) is 0 Å². The maximum atomic E-state index is 14.1. The number of epoxide rings is 1. The minimum Gasteiger partial charge on any atom is -0.355 e. The standard InChI is InChI=1S/C25H24IN5O5S/c1-29-20(32)13-19(27-15-8-6-14(26)7-9-15)21-22(29)30(18-5-3-4-16(12-18)28-37(2,34)35)24-25(36-24)31(23(21)33)17-10-11-17/h3-9,12-13,17,24-25,27-28H,10-11H2,1-2H3. The first kappa shape index (κ1) is 24.2. The molecule has 2 aromatic carbocycles. The fourth-order valence-corrected chi connectivity index (χ4v) is 5.66. The number of benzene rings is 2. The number of fused-ring (bicyclic) bond motifs is 2. The van der Waals surface area contributed by atoms with Gasteiger partial charge in [-0.1, -0.05) is 6.07 Å². The molecule has 3 aliphatic rings. The smallest absolute Gasteiger partial charge is 0.262 e. The number of pyridine rings is 1. The molecule has 0 spiro atoms. The van der Waals surface area contributed by atoms with Crippen LogP contribution in [0.15, 0.2) is 59.4 Å². The largest absolute Gasteiger partial charge is 0.355 e. The monoisotopic (exact) mass is 633 g/mol. The average molecular weight is 633 g/mol. The van der Waals surface area contributed by atoms with Crippen molar-refractivity contribution in [2.45, 2.75) is 31.3 Å². The molecule has 0 radical (unpaired) electrons. The van der Waals surface area contributed by atoms with Crippen LogP contribution in [-0.2, 0) is 21.8 Å². The third kappa shape index (κ3) is 4.57. The Morgan fingerprint density at radius 1 is 1.00 bits per heavy atom. The van der Waals surface area contributed by atoms with Gasteiger partial charge in [0.1, 0.15) is 11.4 Å². The summed E-state index contributed by atoms with van der Waals surface area (Å²) in [4.78, 5) is 30.9. The van der Waals surface area contributed by atoms with Crippen molar-refractivity contribution < 1.29 is 17.9 Å². The van der Waals surface area contributed by atoms with E-state index in [1.807, 2.05) is 29.2 Å². The van der Waals surface area contributed by atoms with Crippen molar-refractivity contribution in [3.05, 3.63) is 74.1 Å². The lowest BCUT2D eigenvalue weighted by Gasteiger charge is -2.28. The molecule has 37 heavy (non-hydrogen) atoms. The number of anilines is 5. The van der Waals surface area contributed by atoms with Gasteiger partial charge in [0.25, 0.3) is 11.5 Å². The lowest BCUT2D eigenvalue weighted by Crippen LogP contribution is -2.36. The highest BCUT2D eigenvalue weighted by atomic mass is 127. The van der Waals surface area contributed by atoms with Crippen LogP contribution in [0.4, 0.5) is 28.6 Å². The fourth-order valence-electron chi connectivity index (χ4n) is 4.75. The minimum absolute atomic E-state index is 0.0805. The van der Waals surface area contributed by atoms with Gasteiger partial charge in [-0.05, 0) is 77.9 Å². The maximum absolute atomic E-state index is 14.1. The molecule has 10 nitrogen and oxygen atoms in total. The first-order chi connectivity index (χ1) is 17.6. The number of amides is 1. The van der Waals surface area contributed by atoms with Crippen LogP contribution in [0, 0.1) is 3.57 Å². The van der Waals surface area contributed by atoms with Gasteiger partial charge in [-0.25, -0.2) is 8.42 Å². The Balaban J connectivity index is 1.54. The molecule has 1 aliphatic carbocycles. The lowest BCUT2D eigenvalue weighted by atomic mass is 10.1. The topological polar surface area (TPSA) is 116 Å². The molecule has 192 valence electrons. The number of carbonyl (C=O) groups excluding carboxylic acids is 1. The summed E-state index contributed by atoms with van der Waals surface area (Å²) in [5, 5.41) is 3.29. The molecule has 1 saturated carbocycles. The molecule has 0 bridgehead atoms. The Labute approximate surface area is 227 Å². The number of aromatic nitrogens is 1. The van der Waals surface area contributed by atoms with Gasteiger partial charge in [0.2, 0.25) is 10.0 Å². The van der Waals surface area contributed by atoms with Crippen molar-refractivity contribution in [3.8, 4) is 0 Å². The summed E-state index contributed by atoms with van der Waals surface area (Å²) in [5.74, 6) is 0.180. The Morgan fingerprint density at radius 3 is 2.41 bits per heavy atom. The summed E-state index contributed by atoms with van der Waals surface area (Å²) in [6.07, 6.45) is 1.89. The summed E-state index contributed by atoms with van der Waals surface area (Å²) < 4.78 is 34.8. The van der Waals surface area contributed by atoms with Gasteiger partial charge in [-0.3, -0.25) is 23.8 Å². The Hall–Kier alpha value is -3.10. The van der Waals surface area contributed by atoms with E-state index >= 15 is 0 Å². The zero-order valence-corrected chi connectivity index (χ0v) is 23.0. The summed E-state index contributed by atoms with van der Waals surface area (Å²) in [6.45, 7) is 0. The summed E-state index contributed by atoms with van der Waals surface area (Å²) in [6, 6.07) is 16.0. The number of sulfonamides is 1. The number of nitrogens with zero attached hydrogens (tertiary/aromatic N) is 3. The van der Waals surface area contributed by atoms with Crippen LogP contribution in [0.2, 0.25) is 0 Å². The summed E-state index contributed by atoms with van der Waals surface area (Å²) in [5.41, 5.74) is 2.18. The summed E-state index contributed by atoms with van der Waals surface area (Å²) >= 11 is 2.22. The van der Waals surface area contributed by atoms with Gasteiger partial charge >= 0.3 is 0 Å². The van der Waals surface area contributed by atoms with Crippen LogP contribution in [0.3, 0.4) is 0 Å². The highest BCUT2D eigenvalue weighted by Crippen LogP contribution is 2.49. The van der Waals surface area contributed by atoms with E-state index in [0.717, 1.165) is 28.4 Å². The zero-order valence-electron chi connectivity index (χ0n) is 20.0. The second-order valence-corrected chi connectivity index (χ2v) is 12.4. The van der Waals surface area contributed by atoms with E-state index in [-0.39, 0.29) is 17.5 Å². The molecule has 1 saturated heterocycles. The van der Waals surface area contributed by atoms with Gasteiger partial charge in [0, 0.05) is 34.1 Å². The third-order valence-electron chi connectivity index (χ3n) is 6.55. The molecular formula is C25H24IN5O5S. The van der Waals surface area contributed by atoms with Crippen LogP contribution in [0.5, 0.6) is 0 Å². The van der Waals surface area contributed by atoms with Crippen molar-refractivity contribution in [2.75, 3.05) is 21.2 Å². The van der Waals surface area contributed by atoms with Crippen molar-refractivity contribution in [3.63, 3.8) is 0 Å². The van der Waals surface area contributed by atoms with Gasteiger partial charge in [-0.15, -0.1) is 0 Å². The van der Waals surface area contributed by atoms with E-state index in [1.54, 1.807) is 36.2 Å². The number of carbonyl (C=O) groups is 1. The Morgan fingerprint density at radius 2 is 1.73 bits per heavy atom. The zero-order chi connectivity index (χ0) is 26.1. The van der Waals surface area contributed by atoms with Crippen LogP contribution < -0.4 is 20.5 Å². The maximum Gasteiger partial charge on any atom is 0.262 e. The highest BCUT2D eigenvalue weighted by Gasteiger charge is 2.58. The van der Waals surface area contributed by atoms with Crippen molar-refractivity contribution in [1.29, 1.82) is 0 Å². The fraction of sp³-hybridized carbons (Fsp3) is 0.280. The quantitative estimate of drug-likeness (QED) is 0.315. The summed E-state index contributed by atoms with van der Waals surface area (Å²) in [7, 11) is -1.88. The number of ether oxygens (including phenoxy) is 1. The number of hydrogen-bond donors (Lipinski definition) is 2. The van der Waals surface area contributed by atoms with Crippen molar-refractivity contribution >= 4 is 67.1 Å². The molecule has 2 N–H and O–H groups in total. The number of hydrogen-bond acceptors (Lipinski definition) is 7.